The molecule has 1 saturated heterocycles. The molecule has 10 heteroatoms. The smallest absolute Gasteiger partial charge is 0.375 e. The number of carbonyl (C=O) groups excluding carboxylic acids is 1. The van der Waals surface area contributed by atoms with Gasteiger partial charge in [-0.3, -0.25) is 4.79 Å². The van der Waals surface area contributed by atoms with Crippen molar-refractivity contribution < 1.29 is 22.7 Å². The molecule has 2 heterocycles. The number of primary amides is 1. The van der Waals surface area contributed by atoms with Crippen molar-refractivity contribution in [3.8, 4) is 11.4 Å². The number of aromatic nitrogens is 3. The first-order chi connectivity index (χ1) is 12.3. The monoisotopic (exact) mass is 369 g/mol. The topological polar surface area (TPSA) is 95.1 Å². The molecule has 0 unspecified atom stereocenters. The van der Waals surface area contributed by atoms with Crippen molar-refractivity contribution in [1.29, 1.82) is 0 Å². The van der Waals surface area contributed by atoms with E-state index in [2.05, 4.69) is 15.4 Å². The maximum absolute atomic E-state index is 12.9. The highest BCUT2D eigenvalue weighted by atomic mass is 19.4. The van der Waals surface area contributed by atoms with Crippen LogP contribution < -0.4 is 11.1 Å². The van der Waals surface area contributed by atoms with Crippen LogP contribution in [-0.2, 0) is 17.7 Å². The van der Waals surface area contributed by atoms with E-state index in [-0.39, 0.29) is 24.2 Å². The van der Waals surface area contributed by atoms with E-state index in [1.54, 1.807) is 12.1 Å². The number of rotatable bonds is 5. The van der Waals surface area contributed by atoms with Crippen LogP contribution in [0, 0.1) is 0 Å². The van der Waals surface area contributed by atoms with Crippen LogP contribution >= 0.6 is 0 Å². The molecule has 0 bridgehead atoms. The van der Waals surface area contributed by atoms with Gasteiger partial charge in [0, 0.05) is 30.6 Å². The first-order valence-electron chi connectivity index (χ1n) is 8.05. The summed E-state index contributed by atoms with van der Waals surface area (Å²) < 4.78 is 45.0. The quantitative estimate of drug-likeness (QED) is 0.824. The third kappa shape index (κ3) is 4.58. The SMILES string of the molecule is NC(=O)c1ccc(-c2nc(C[C@@H]3CNCCO3)n(CC(F)(F)F)n2)cc1. The molecule has 3 N–H and O–H groups in total. The molecule has 1 aromatic heterocycles. The molecule has 1 aliphatic rings. The Bertz CT molecular complexity index is 767. The lowest BCUT2D eigenvalue weighted by Gasteiger charge is -2.23. The number of nitrogens with one attached hydrogen (secondary N) is 1. The second-order valence-corrected chi connectivity index (χ2v) is 5.97. The summed E-state index contributed by atoms with van der Waals surface area (Å²) in [7, 11) is 0. The normalized spacial score (nSPS) is 18.0. The highest BCUT2D eigenvalue weighted by Gasteiger charge is 2.31. The highest BCUT2D eigenvalue weighted by Crippen LogP contribution is 2.22. The Hall–Kier alpha value is -2.46. The van der Waals surface area contributed by atoms with E-state index in [9.17, 15) is 18.0 Å². The standard InChI is InChI=1S/C16H18F3N5O2/c17-16(18,19)9-24-13(7-12-8-21-5-6-26-12)22-15(23-24)11-3-1-10(2-4-11)14(20)25/h1-4,12,21H,5-9H2,(H2,20,25)/t12-/m1/s1. The van der Waals surface area contributed by atoms with Crippen molar-refractivity contribution in [3.63, 3.8) is 0 Å². The fourth-order valence-corrected chi connectivity index (χ4v) is 2.68. The Labute approximate surface area is 147 Å². The minimum atomic E-state index is -4.42. The minimum Gasteiger partial charge on any atom is -0.375 e. The van der Waals surface area contributed by atoms with Gasteiger partial charge in [0.05, 0.1) is 12.7 Å². The number of ether oxygens (including phenoxy) is 1. The predicted octanol–water partition coefficient (Wildman–Crippen LogP) is 1.14. The number of nitrogens with two attached hydrogens (primary N) is 1. The molecule has 1 aliphatic heterocycles. The number of carbonyl (C=O) groups is 1. The first kappa shape index (κ1) is 18.3. The molecule has 1 aromatic carbocycles. The Morgan fingerprint density at radius 3 is 2.65 bits per heavy atom. The molecule has 26 heavy (non-hydrogen) atoms. The third-order valence-corrected chi connectivity index (χ3v) is 3.92. The Morgan fingerprint density at radius 1 is 1.35 bits per heavy atom. The Morgan fingerprint density at radius 2 is 2.08 bits per heavy atom. The zero-order valence-corrected chi connectivity index (χ0v) is 13.8. The number of benzene rings is 1. The van der Waals surface area contributed by atoms with Crippen molar-refractivity contribution >= 4 is 5.91 Å². The molecule has 1 atom stereocenters. The summed E-state index contributed by atoms with van der Waals surface area (Å²) in [4.78, 5) is 15.4. The van der Waals surface area contributed by atoms with E-state index in [0.29, 0.717) is 30.8 Å². The highest BCUT2D eigenvalue weighted by molar-refractivity contribution is 5.93. The predicted molar refractivity (Wildman–Crippen MR) is 86.3 cm³/mol. The van der Waals surface area contributed by atoms with Gasteiger partial charge in [-0.25, -0.2) is 9.67 Å². The van der Waals surface area contributed by atoms with E-state index >= 15 is 0 Å². The summed E-state index contributed by atoms with van der Waals surface area (Å²) in [5.74, 6) is -0.233. The van der Waals surface area contributed by atoms with Crippen LogP contribution in [0.4, 0.5) is 13.2 Å². The van der Waals surface area contributed by atoms with Crippen molar-refractivity contribution in [2.24, 2.45) is 5.73 Å². The molecular formula is C16H18F3N5O2. The molecule has 2 aromatic rings. The van der Waals surface area contributed by atoms with E-state index < -0.39 is 18.6 Å². The van der Waals surface area contributed by atoms with Gasteiger partial charge in [-0.15, -0.1) is 0 Å². The fourth-order valence-electron chi connectivity index (χ4n) is 2.68. The lowest BCUT2D eigenvalue weighted by atomic mass is 10.1. The zero-order valence-electron chi connectivity index (χ0n) is 13.8. The van der Waals surface area contributed by atoms with Gasteiger partial charge < -0.3 is 15.8 Å². The van der Waals surface area contributed by atoms with Gasteiger partial charge in [0.25, 0.3) is 0 Å². The molecule has 0 radical (unpaired) electrons. The molecule has 3 rings (SSSR count). The number of alkyl halides is 3. The van der Waals surface area contributed by atoms with Gasteiger partial charge >= 0.3 is 6.18 Å². The maximum atomic E-state index is 12.9. The van der Waals surface area contributed by atoms with E-state index in [0.717, 1.165) is 4.68 Å². The van der Waals surface area contributed by atoms with Crippen LogP contribution in [0.1, 0.15) is 16.2 Å². The summed E-state index contributed by atoms with van der Waals surface area (Å²) in [6, 6.07) is 6.07. The van der Waals surface area contributed by atoms with Gasteiger partial charge in [-0.1, -0.05) is 12.1 Å². The van der Waals surface area contributed by atoms with Gasteiger partial charge in [-0.2, -0.15) is 18.3 Å². The molecule has 0 saturated carbocycles. The van der Waals surface area contributed by atoms with Crippen LogP contribution in [0.15, 0.2) is 24.3 Å². The van der Waals surface area contributed by atoms with Crippen molar-refractivity contribution in [3.05, 3.63) is 35.7 Å². The third-order valence-electron chi connectivity index (χ3n) is 3.92. The Balaban J connectivity index is 1.87. The molecule has 140 valence electrons. The summed E-state index contributed by atoms with van der Waals surface area (Å²) in [5.41, 5.74) is 5.98. The average Bonchev–Trinajstić information content (AvgIpc) is 2.96. The van der Waals surface area contributed by atoms with Gasteiger partial charge in [0.2, 0.25) is 5.91 Å². The number of hydrogen-bond donors (Lipinski definition) is 2. The summed E-state index contributed by atoms with van der Waals surface area (Å²) in [5, 5.41) is 7.13. The largest absolute Gasteiger partial charge is 0.408 e. The van der Waals surface area contributed by atoms with Crippen molar-refractivity contribution in [2.75, 3.05) is 19.7 Å². The van der Waals surface area contributed by atoms with Crippen LogP contribution in [-0.4, -0.2) is 52.6 Å². The number of morpholine rings is 1. The first-order valence-corrected chi connectivity index (χ1v) is 8.05. The number of hydrogen-bond acceptors (Lipinski definition) is 5. The van der Waals surface area contributed by atoms with Crippen LogP contribution in [0.2, 0.25) is 0 Å². The van der Waals surface area contributed by atoms with Crippen molar-refractivity contribution in [1.82, 2.24) is 20.1 Å². The summed E-state index contributed by atoms with van der Waals surface area (Å²) >= 11 is 0. The van der Waals surface area contributed by atoms with Crippen LogP contribution in [0.25, 0.3) is 11.4 Å². The van der Waals surface area contributed by atoms with E-state index in [4.69, 9.17) is 10.5 Å². The second kappa shape index (κ2) is 7.42. The van der Waals surface area contributed by atoms with Crippen LogP contribution in [0.5, 0.6) is 0 Å². The summed E-state index contributed by atoms with van der Waals surface area (Å²) in [6.45, 7) is 0.527. The maximum Gasteiger partial charge on any atom is 0.408 e. The molecule has 1 fully saturated rings. The average molecular weight is 369 g/mol. The Kier molecular flexibility index (Phi) is 5.23. The fraction of sp³-hybridized carbons (Fsp3) is 0.438. The molecule has 1 amide bonds. The molecule has 0 spiro atoms. The molecule has 7 nitrogen and oxygen atoms in total. The van der Waals surface area contributed by atoms with E-state index in [1.807, 2.05) is 0 Å². The molecular weight excluding hydrogens is 351 g/mol. The summed E-state index contributed by atoms with van der Waals surface area (Å²) in [6.07, 6.45) is -4.46. The van der Waals surface area contributed by atoms with E-state index in [1.165, 1.54) is 12.1 Å². The zero-order chi connectivity index (χ0) is 18.7. The molecule has 0 aliphatic carbocycles. The minimum absolute atomic E-state index is 0.157. The second-order valence-electron chi connectivity index (χ2n) is 5.97. The number of nitrogens with zero attached hydrogens (tertiary/aromatic N) is 3. The lowest BCUT2D eigenvalue weighted by molar-refractivity contribution is -0.143. The number of halogens is 3. The van der Waals surface area contributed by atoms with Gasteiger partial charge in [0.1, 0.15) is 12.4 Å². The van der Waals surface area contributed by atoms with Crippen LogP contribution in [0.3, 0.4) is 0 Å². The van der Waals surface area contributed by atoms with Gasteiger partial charge in [0.15, 0.2) is 5.82 Å². The lowest BCUT2D eigenvalue weighted by Crippen LogP contribution is -2.40. The van der Waals surface area contributed by atoms with Gasteiger partial charge in [-0.05, 0) is 12.1 Å². The number of amides is 1. The van der Waals surface area contributed by atoms with Crippen molar-refractivity contribution in [2.45, 2.75) is 25.2 Å².